The SMILES string of the molecule is CC(=O)N1CCC(CNC(=O)c2cc(C)n(Cc3cc(C#N)cc4cc(C(C)C)oc34)n2)CC1. The second kappa shape index (κ2) is 9.72. The van der Waals surface area contributed by atoms with E-state index in [1.807, 2.05) is 30.0 Å². The van der Waals surface area contributed by atoms with Crippen molar-refractivity contribution in [3.05, 3.63) is 52.5 Å². The predicted octanol–water partition coefficient (Wildman–Crippen LogP) is 3.97. The summed E-state index contributed by atoms with van der Waals surface area (Å²) in [6.07, 6.45) is 1.78. The number of nitriles is 1. The van der Waals surface area contributed by atoms with E-state index in [2.05, 4.69) is 30.3 Å². The minimum Gasteiger partial charge on any atom is -0.460 e. The molecule has 0 unspecified atom stereocenters. The van der Waals surface area contributed by atoms with Crippen LogP contribution in [0, 0.1) is 24.2 Å². The molecule has 3 aromatic rings. The smallest absolute Gasteiger partial charge is 0.271 e. The Balaban J connectivity index is 1.46. The molecule has 34 heavy (non-hydrogen) atoms. The van der Waals surface area contributed by atoms with E-state index in [0.29, 0.717) is 30.3 Å². The maximum Gasteiger partial charge on any atom is 0.271 e. The van der Waals surface area contributed by atoms with Crippen molar-refractivity contribution in [2.75, 3.05) is 19.6 Å². The van der Waals surface area contributed by atoms with Crippen molar-refractivity contribution in [3.63, 3.8) is 0 Å². The Labute approximate surface area is 199 Å². The second-order valence-corrected chi connectivity index (χ2v) is 9.46. The third kappa shape index (κ3) is 4.98. The summed E-state index contributed by atoms with van der Waals surface area (Å²) >= 11 is 0. The monoisotopic (exact) mass is 461 g/mol. The molecule has 1 aliphatic heterocycles. The van der Waals surface area contributed by atoms with Gasteiger partial charge in [-0.25, -0.2) is 0 Å². The molecule has 1 aromatic carbocycles. The van der Waals surface area contributed by atoms with Crippen molar-refractivity contribution in [2.45, 2.75) is 53.0 Å². The largest absolute Gasteiger partial charge is 0.460 e. The van der Waals surface area contributed by atoms with Gasteiger partial charge in [0.15, 0.2) is 0 Å². The highest BCUT2D eigenvalue weighted by atomic mass is 16.3. The van der Waals surface area contributed by atoms with Crippen molar-refractivity contribution >= 4 is 22.8 Å². The first-order chi connectivity index (χ1) is 16.2. The molecule has 8 nitrogen and oxygen atoms in total. The molecule has 3 heterocycles. The molecule has 0 spiro atoms. The molecule has 2 amide bonds. The number of nitrogens with zero attached hydrogens (tertiary/aromatic N) is 4. The molecular formula is C26H31N5O3. The zero-order valence-corrected chi connectivity index (χ0v) is 20.2. The van der Waals surface area contributed by atoms with Gasteiger partial charge >= 0.3 is 0 Å². The van der Waals surface area contributed by atoms with Crippen LogP contribution in [0.25, 0.3) is 11.0 Å². The Bertz CT molecular complexity index is 1260. The summed E-state index contributed by atoms with van der Waals surface area (Å²) in [6, 6.07) is 9.65. The normalized spacial score (nSPS) is 14.5. The van der Waals surface area contributed by atoms with Gasteiger partial charge in [0, 0.05) is 49.1 Å². The number of carbonyl (C=O) groups excluding carboxylic acids is 2. The summed E-state index contributed by atoms with van der Waals surface area (Å²) in [7, 11) is 0. The Hall–Kier alpha value is -3.60. The van der Waals surface area contributed by atoms with Crippen molar-refractivity contribution in [3.8, 4) is 6.07 Å². The lowest BCUT2D eigenvalue weighted by molar-refractivity contribution is -0.130. The maximum absolute atomic E-state index is 12.8. The van der Waals surface area contributed by atoms with Gasteiger partial charge in [-0.2, -0.15) is 10.4 Å². The quantitative estimate of drug-likeness (QED) is 0.598. The zero-order valence-electron chi connectivity index (χ0n) is 20.2. The molecule has 8 heteroatoms. The van der Waals surface area contributed by atoms with Gasteiger partial charge in [-0.15, -0.1) is 0 Å². The van der Waals surface area contributed by atoms with E-state index in [9.17, 15) is 14.9 Å². The lowest BCUT2D eigenvalue weighted by Gasteiger charge is -2.31. The van der Waals surface area contributed by atoms with Crippen LogP contribution in [-0.4, -0.2) is 46.1 Å². The van der Waals surface area contributed by atoms with E-state index in [-0.39, 0.29) is 17.7 Å². The van der Waals surface area contributed by atoms with Gasteiger partial charge in [-0.05, 0) is 49.9 Å². The summed E-state index contributed by atoms with van der Waals surface area (Å²) in [5, 5.41) is 17.9. The highest BCUT2D eigenvalue weighted by Gasteiger charge is 2.22. The fourth-order valence-electron chi connectivity index (χ4n) is 4.43. The first-order valence-corrected chi connectivity index (χ1v) is 11.8. The molecule has 0 saturated carbocycles. The minimum absolute atomic E-state index is 0.107. The number of benzene rings is 1. The van der Waals surface area contributed by atoms with Crippen LogP contribution in [-0.2, 0) is 11.3 Å². The Morgan fingerprint density at radius 1 is 1.24 bits per heavy atom. The number of carbonyl (C=O) groups is 2. The fraction of sp³-hybridized carbons (Fsp3) is 0.462. The molecule has 0 atom stereocenters. The van der Waals surface area contributed by atoms with Crippen molar-refractivity contribution in [2.24, 2.45) is 5.92 Å². The molecule has 0 radical (unpaired) electrons. The van der Waals surface area contributed by atoms with E-state index < -0.39 is 0 Å². The topological polar surface area (TPSA) is 104 Å². The van der Waals surface area contributed by atoms with Gasteiger partial charge in [-0.1, -0.05) is 13.8 Å². The fourth-order valence-corrected chi connectivity index (χ4v) is 4.43. The summed E-state index contributed by atoms with van der Waals surface area (Å²) in [5.74, 6) is 1.38. The minimum atomic E-state index is -0.202. The number of likely N-dealkylation sites (tertiary alicyclic amines) is 1. The molecule has 4 rings (SSSR count). The highest BCUT2D eigenvalue weighted by Crippen LogP contribution is 2.29. The molecule has 1 fully saturated rings. The van der Waals surface area contributed by atoms with E-state index in [1.165, 1.54) is 0 Å². The van der Waals surface area contributed by atoms with Crippen LogP contribution >= 0.6 is 0 Å². The number of aromatic nitrogens is 2. The van der Waals surface area contributed by atoms with E-state index in [1.54, 1.807) is 17.7 Å². The number of piperidine rings is 1. The highest BCUT2D eigenvalue weighted by molar-refractivity contribution is 5.92. The average Bonchev–Trinajstić information content (AvgIpc) is 3.41. The van der Waals surface area contributed by atoms with Crippen molar-refractivity contribution < 1.29 is 14.0 Å². The van der Waals surface area contributed by atoms with Crippen molar-refractivity contribution in [1.29, 1.82) is 5.26 Å². The standard InChI is InChI=1S/C26H31N5O3/c1-16(2)24-12-21-10-20(13-27)11-22(25(21)34-24)15-31-17(3)9-23(29-31)26(33)28-14-19-5-7-30(8-6-19)18(4)32/h9-12,16,19H,5-8,14-15H2,1-4H3,(H,28,33). The van der Waals surface area contributed by atoms with Gasteiger partial charge < -0.3 is 14.6 Å². The Morgan fingerprint density at radius 2 is 1.97 bits per heavy atom. The number of fused-ring (bicyclic) bond motifs is 1. The maximum atomic E-state index is 12.8. The van der Waals surface area contributed by atoms with Crippen LogP contribution < -0.4 is 5.32 Å². The molecule has 1 saturated heterocycles. The van der Waals surface area contributed by atoms with E-state index in [0.717, 1.165) is 53.9 Å². The van der Waals surface area contributed by atoms with Gasteiger partial charge in [0.25, 0.3) is 5.91 Å². The molecule has 2 aromatic heterocycles. The lowest BCUT2D eigenvalue weighted by Crippen LogP contribution is -2.40. The number of hydrogen-bond acceptors (Lipinski definition) is 5. The zero-order chi connectivity index (χ0) is 24.4. The van der Waals surface area contributed by atoms with Gasteiger partial charge in [0.1, 0.15) is 17.0 Å². The Morgan fingerprint density at radius 3 is 2.62 bits per heavy atom. The molecule has 178 valence electrons. The number of amides is 2. The number of aryl methyl sites for hydroxylation is 1. The number of furan rings is 1. The molecular weight excluding hydrogens is 430 g/mol. The third-order valence-electron chi connectivity index (χ3n) is 6.56. The van der Waals surface area contributed by atoms with Crippen LogP contribution in [0.1, 0.15) is 72.6 Å². The van der Waals surface area contributed by atoms with Gasteiger partial charge in [0.2, 0.25) is 5.91 Å². The number of rotatable bonds is 6. The van der Waals surface area contributed by atoms with Crippen LogP contribution in [0.4, 0.5) is 0 Å². The Kier molecular flexibility index (Phi) is 6.73. The summed E-state index contributed by atoms with van der Waals surface area (Å²) < 4.78 is 7.87. The molecule has 0 aliphatic carbocycles. The summed E-state index contributed by atoms with van der Waals surface area (Å²) in [5.41, 5.74) is 3.40. The first-order valence-electron chi connectivity index (χ1n) is 11.8. The number of nitrogens with one attached hydrogen (secondary N) is 1. The third-order valence-corrected chi connectivity index (χ3v) is 6.56. The molecule has 1 N–H and O–H groups in total. The average molecular weight is 462 g/mol. The number of hydrogen-bond donors (Lipinski definition) is 1. The van der Waals surface area contributed by atoms with E-state index >= 15 is 0 Å². The van der Waals surface area contributed by atoms with Crippen molar-refractivity contribution in [1.82, 2.24) is 20.0 Å². The van der Waals surface area contributed by atoms with Crippen LogP contribution in [0.15, 0.2) is 28.7 Å². The second-order valence-electron chi connectivity index (χ2n) is 9.46. The van der Waals surface area contributed by atoms with Crippen LogP contribution in [0.2, 0.25) is 0 Å². The lowest BCUT2D eigenvalue weighted by atomic mass is 9.97. The van der Waals surface area contributed by atoms with Gasteiger partial charge in [0.05, 0.1) is 18.2 Å². The predicted molar refractivity (Wildman–Crippen MR) is 128 cm³/mol. The van der Waals surface area contributed by atoms with Crippen LogP contribution in [0.5, 0.6) is 0 Å². The summed E-state index contributed by atoms with van der Waals surface area (Å²) in [6.45, 7) is 10.1. The van der Waals surface area contributed by atoms with Crippen LogP contribution in [0.3, 0.4) is 0 Å². The van der Waals surface area contributed by atoms with Gasteiger partial charge in [-0.3, -0.25) is 14.3 Å². The molecule has 1 aliphatic rings. The first kappa shape index (κ1) is 23.6. The molecule has 0 bridgehead atoms. The van der Waals surface area contributed by atoms with E-state index in [4.69, 9.17) is 4.42 Å². The summed E-state index contributed by atoms with van der Waals surface area (Å²) in [4.78, 5) is 26.1.